The molecule has 1 aromatic carbocycles. The number of nitrogens with zero attached hydrogens (tertiary/aromatic N) is 3. The minimum absolute atomic E-state index is 0.0661. The molecule has 3 heterocycles. The van der Waals surface area contributed by atoms with Crippen molar-refractivity contribution in [1.29, 1.82) is 0 Å². The van der Waals surface area contributed by atoms with Crippen LogP contribution in [0.3, 0.4) is 0 Å². The summed E-state index contributed by atoms with van der Waals surface area (Å²) in [7, 11) is 0. The summed E-state index contributed by atoms with van der Waals surface area (Å²) in [6.07, 6.45) is 0.0661. The van der Waals surface area contributed by atoms with Gasteiger partial charge < -0.3 is 9.67 Å². The topological polar surface area (TPSA) is 99.9 Å². The van der Waals surface area contributed by atoms with Gasteiger partial charge in [-0.25, -0.2) is 9.69 Å². The van der Waals surface area contributed by atoms with Crippen LogP contribution in [0.5, 0.6) is 0 Å². The number of imide groups is 1. The lowest BCUT2D eigenvalue weighted by Crippen LogP contribution is -2.47. The average molecular weight is 367 g/mol. The second kappa shape index (κ2) is 6.48. The minimum Gasteiger partial charge on any atom is -0.478 e. The maximum atomic E-state index is 12.9. The van der Waals surface area contributed by atoms with E-state index in [1.807, 2.05) is 11.0 Å². The molecule has 1 fully saturated rings. The number of anilines is 1. The first-order valence-electron chi connectivity index (χ1n) is 8.58. The molecule has 2 amide bonds. The van der Waals surface area contributed by atoms with E-state index in [0.29, 0.717) is 25.3 Å². The van der Waals surface area contributed by atoms with E-state index in [1.165, 1.54) is 30.3 Å². The highest BCUT2D eigenvalue weighted by molar-refractivity contribution is 6.22. The lowest BCUT2D eigenvalue weighted by Gasteiger charge is -2.32. The second-order valence-corrected chi connectivity index (χ2v) is 6.62. The van der Waals surface area contributed by atoms with Gasteiger partial charge in [-0.15, -0.1) is 0 Å². The molecule has 1 saturated heterocycles. The number of fused-ring (bicyclic) bond motifs is 1. The summed E-state index contributed by atoms with van der Waals surface area (Å²) in [5.74, 6) is -1.71. The number of aromatic nitrogens is 1. The number of carbonyl (C=O) groups excluding carboxylic acids is 2. The first-order chi connectivity index (χ1) is 13.0. The zero-order valence-electron chi connectivity index (χ0n) is 14.4. The molecule has 1 atom stereocenters. The Balaban J connectivity index is 1.56. The van der Waals surface area contributed by atoms with Crippen LogP contribution in [0.2, 0.25) is 0 Å². The summed E-state index contributed by atoms with van der Waals surface area (Å²) in [5.41, 5.74) is 1.21. The van der Waals surface area contributed by atoms with E-state index in [2.05, 4.69) is 0 Å². The van der Waals surface area contributed by atoms with Crippen molar-refractivity contribution in [3.63, 3.8) is 0 Å². The first kappa shape index (κ1) is 17.2. The highest BCUT2D eigenvalue weighted by Crippen LogP contribution is 2.27. The normalized spacial score (nSPS) is 20.0. The molecule has 2 aliphatic heterocycles. The Bertz CT molecular complexity index is 995. The van der Waals surface area contributed by atoms with E-state index in [9.17, 15) is 19.2 Å². The van der Waals surface area contributed by atoms with E-state index in [-0.39, 0.29) is 29.4 Å². The summed E-state index contributed by atoms with van der Waals surface area (Å²) < 4.78 is 1.68. The Kier molecular flexibility index (Phi) is 4.12. The van der Waals surface area contributed by atoms with Gasteiger partial charge in [-0.3, -0.25) is 19.3 Å². The standard InChI is InChI=1S/C19H17N3O5/c23-16-3-1-2-14-11-20(8-9-21(14)16)15-10-17(24)22(18(15)25)13-6-4-12(5-7-13)19(26)27/h1-7,15H,8-11H2,(H,26,27)/t15-/m1/s1. The van der Waals surface area contributed by atoms with Crippen LogP contribution in [-0.4, -0.2) is 44.9 Å². The Morgan fingerprint density at radius 2 is 1.74 bits per heavy atom. The van der Waals surface area contributed by atoms with E-state index < -0.39 is 12.0 Å². The highest BCUT2D eigenvalue weighted by atomic mass is 16.4. The average Bonchev–Trinajstić information content (AvgIpc) is 2.96. The number of rotatable bonds is 3. The zero-order valence-corrected chi connectivity index (χ0v) is 14.4. The van der Waals surface area contributed by atoms with Gasteiger partial charge in [0.05, 0.1) is 23.7 Å². The Morgan fingerprint density at radius 3 is 2.44 bits per heavy atom. The molecule has 1 N–H and O–H groups in total. The number of hydrogen-bond acceptors (Lipinski definition) is 5. The van der Waals surface area contributed by atoms with E-state index in [0.717, 1.165) is 10.6 Å². The van der Waals surface area contributed by atoms with Crippen LogP contribution in [0.15, 0.2) is 47.3 Å². The van der Waals surface area contributed by atoms with Crippen molar-refractivity contribution < 1.29 is 19.5 Å². The molecule has 0 spiro atoms. The van der Waals surface area contributed by atoms with Crippen LogP contribution in [0.4, 0.5) is 5.69 Å². The molecular weight excluding hydrogens is 350 g/mol. The maximum absolute atomic E-state index is 12.9. The fourth-order valence-electron chi connectivity index (χ4n) is 3.66. The molecule has 2 aromatic rings. The number of carbonyl (C=O) groups is 3. The molecule has 0 bridgehead atoms. The number of benzene rings is 1. The molecule has 0 radical (unpaired) electrons. The van der Waals surface area contributed by atoms with E-state index in [1.54, 1.807) is 10.6 Å². The predicted octanol–water partition coefficient (Wildman–Crippen LogP) is 0.694. The fraction of sp³-hybridized carbons (Fsp3) is 0.263. The van der Waals surface area contributed by atoms with Crippen molar-refractivity contribution in [2.45, 2.75) is 25.6 Å². The quantitative estimate of drug-likeness (QED) is 0.802. The van der Waals surface area contributed by atoms with Gasteiger partial charge in [0.1, 0.15) is 0 Å². The van der Waals surface area contributed by atoms with E-state index in [4.69, 9.17) is 5.11 Å². The Morgan fingerprint density at radius 1 is 1.00 bits per heavy atom. The molecule has 138 valence electrons. The van der Waals surface area contributed by atoms with Gasteiger partial charge in [-0.2, -0.15) is 0 Å². The molecule has 8 heteroatoms. The number of carboxylic acids is 1. The molecule has 1 aromatic heterocycles. The van der Waals surface area contributed by atoms with Gasteiger partial charge in [-0.05, 0) is 30.3 Å². The van der Waals surface area contributed by atoms with Crippen LogP contribution in [0.25, 0.3) is 0 Å². The summed E-state index contributed by atoms with van der Waals surface area (Å²) >= 11 is 0. The second-order valence-electron chi connectivity index (χ2n) is 6.62. The molecular formula is C19H17N3O5. The maximum Gasteiger partial charge on any atom is 0.335 e. The van der Waals surface area contributed by atoms with Gasteiger partial charge >= 0.3 is 5.97 Å². The third kappa shape index (κ3) is 2.93. The molecule has 8 nitrogen and oxygen atoms in total. The highest BCUT2D eigenvalue weighted by Gasteiger charge is 2.43. The van der Waals surface area contributed by atoms with Crippen LogP contribution >= 0.6 is 0 Å². The largest absolute Gasteiger partial charge is 0.478 e. The Hall–Kier alpha value is -3.26. The van der Waals surface area contributed by atoms with Crippen molar-refractivity contribution in [3.05, 3.63) is 64.1 Å². The lowest BCUT2D eigenvalue weighted by molar-refractivity contribution is -0.123. The fourth-order valence-corrected chi connectivity index (χ4v) is 3.66. The van der Waals surface area contributed by atoms with Crippen LogP contribution in [-0.2, 0) is 22.7 Å². The molecule has 0 unspecified atom stereocenters. The number of carboxylic acid groups (broad SMARTS) is 1. The monoisotopic (exact) mass is 367 g/mol. The Labute approximate surface area is 154 Å². The number of amides is 2. The van der Waals surface area contributed by atoms with Crippen molar-refractivity contribution in [2.24, 2.45) is 0 Å². The zero-order chi connectivity index (χ0) is 19.1. The van der Waals surface area contributed by atoms with Crippen LogP contribution in [0, 0.1) is 0 Å². The smallest absolute Gasteiger partial charge is 0.335 e. The van der Waals surface area contributed by atoms with Crippen molar-refractivity contribution >= 4 is 23.5 Å². The van der Waals surface area contributed by atoms with Crippen molar-refractivity contribution in [3.8, 4) is 0 Å². The van der Waals surface area contributed by atoms with E-state index >= 15 is 0 Å². The minimum atomic E-state index is -1.07. The lowest BCUT2D eigenvalue weighted by atomic mass is 10.1. The van der Waals surface area contributed by atoms with Crippen molar-refractivity contribution in [1.82, 2.24) is 9.47 Å². The number of hydrogen-bond donors (Lipinski definition) is 1. The number of aromatic carboxylic acids is 1. The first-order valence-corrected chi connectivity index (χ1v) is 8.58. The molecule has 27 heavy (non-hydrogen) atoms. The van der Waals surface area contributed by atoms with Gasteiger partial charge in [0.2, 0.25) is 5.91 Å². The van der Waals surface area contributed by atoms with Crippen LogP contribution in [0.1, 0.15) is 22.5 Å². The SMILES string of the molecule is O=C(O)c1ccc(N2C(=O)C[C@@H](N3CCn4c(cccc4=O)C3)C2=O)cc1. The van der Waals surface area contributed by atoms with Crippen molar-refractivity contribution in [2.75, 3.05) is 11.4 Å². The van der Waals surface area contributed by atoms with Gasteiger partial charge in [0.25, 0.3) is 11.5 Å². The third-order valence-electron chi connectivity index (χ3n) is 5.05. The van der Waals surface area contributed by atoms with Gasteiger partial charge in [0.15, 0.2) is 0 Å². The van der Waals surface area contributed by atoms with Gasteiger partial charge in [0, 0.05) is 31.4 Å². The molecule has 0 saturated carbocycles. The summed E-state index contributed by atoms with van der Waals surface area (Å²) in [6, 6.07) is 10.1. The predicted molar refractivity (Wildman–Crippen MR) is 95.4 cm³/mol. The molecule has 0 aliphatic carbocycles. The summed E-state index contributed by atoms with van der Waals surface area (Å²) in [6.45, 7) is 1.40. The third-order valence-corrected chi connectivity index (χ3v) is 5.05. The summed E-state index contributed by atoms with van der Waals surface area (Å²) in [5, 5.41) is 8.98. The summed E-state index contributed by atoms with van der Waals surface area (Å²) in [4.78, 5) is 51.2. The van der Waals surface area contributed by atoms with Gasteiger partial charge in [-0.1, -0.05) is 6.07 Å². The molecule has 4 rings (SSSR count). The molecule has 2 aliphatic rings. The number of pyridine rings is 1. The van der Waals surface area contributed by atoms with Crippen LogP contribution < -0.4 is 10.5 Å².